The van der Waals surface area contributed by atoms with Crippen LogP contribution in [0.5, 0.6) is 0 Å². The Balaban J connectivity index is 2.10. The van der Waals surface area contributed by atoms with Crippen molar-refractivity contribution < 1.29 is 0 Å². The molecule has 2 heteroatoms. The van der Waals surface area contributed by atoms with Crippen LogP contribution in [-0.4, -0.2) is 24.1 Å². The van der Waals surface area contributed by atoms with E-state index >= 15 is 0 Å². The van der Waals surface area contributed by atoms with E-state index in [-0.39, 0.29) is 0 Å². The predicted molar refractivity (Wildman–Crippen MR) is 67.0 cm³/mol. The average Bonchev–Trinajstić information content (AvgIpc) is 2.26. The molecule has 1 nitrogen and oxygen atoms in total. The van der Waals surface area contributed by atoms with Gasteiger partial charge >= 0.3 is 0 Å². The van der Waals surface area contributed by atoms with Crippen molar-refractivity contribution in [3.8, 4) is 0 Å². The van der Waals surface area contributed by atoms with Crippen molar-refractivity contribution >= 4 is 11.8 Å². The van der Waals surface area contributed by atoms with Crippen molar-refractivity contribution in [2.45, 2.75) is 57.2 Å². The van der Waals surface area contributed by atoms with Crippen molar-refractivity contribution in [1.82, 2.24) is 5.32 Å². The maximum Gasteiger partial charge on any atom is 0.0141 e. The van der Waals surface area contributed by atoms with E-state index in [1.807, 2.05) is 11.8 Å². The number of thioether (sulfide) groups is 1. The lowest BCUT2D eigenvalue weighted by atomic mass is 9.84. The van der Waals surface area contributed by atoms with Crippen LogP contribution in [0.15, 0.2) is 0 Å². The average molecular weight is 215 g/mol. The van der Waals surface area contributed by atoms with E-state index in [4.69, 9.17) is 0 Å². The number of nitrogens with one attached hydrogen (secondary N) is 1. The summed E-state index contributed by atoms with van der Waals surface area (Å²) in [7, 11) is 0. The van der Waals surface area contributed by atoms with Crippen LogP contribution in [0.3, 0.4) is 0 Å². The maximum atomic E-state index is 3.70. The van der Waals surface area contributed by atoms with Crippen molar-refractivity contribution in [2.75, 3.05) is 12.8 Å². The summed E-state index contributed by atoms with van der Waals surface area (Å²) in [6, 6.07) is 0.812. The van der Waals surface area contributed by atoms with E-state index in [0.717, 1.165) is 17.2 Å². The molecule has 0 radical (unpaired) electrons. The number of hydrogen-bond acceptors (Lipinski definition) is 2. The lowest BCUT2D eigenvalue weighted by Gasteiger charge is -2.29. The smallest absolute Gasteiger partial charge is 0.0141 e. The number of rotatable bonds is 5. The van der Waals surface area contributed by atoms with Crippen LogP contribution in [0.4, 0.5) is 0 Å². The molecule has 0 bridgehead atoms. The van der Waals surface area contributed by atoms with Crippen molar-refractivity contribution in [3.63, 3.8) is 0 Å². The third-order valence-electron chi connectivity index (χ3n) is 3.52. The molecule has 0 aromatic carbocycles. The molecule has 0 aromatic rings. The molecule has 1 aliphatic rings. The summed E-state index contributed by atoms with van der Waals surface area (Å²) >= 11 is 1.96. The Kier molecular flexibility index (Phi) is 5.95. The molecule has 0 saturated heterocycles. The Bertz CT molecular complexity index is 141. The molecule has 1 rings (SSSR count). The second-order valence-electron chi connectivity index (χ2n) is 4.58. The monoisotopic (exact) mass is 215 g/mol. The topological polar surface area (TPSA) is 12.0 Å². The second-order valence-corrected chi connectivity index (χ2v) is 5.86. The summed E-state index contributed by atoms with van der Waals surface area (Å²) < 4.78 is 0. The molecule has 1 atom stereocenters. The lowest BCUT2D eigenvalue weighted by molar-refractivity contribution is 0.287. The zero-order chi connectivity index (χ0) is 10.4. The molecule has 0 aliphatic heterocycles. The summed E-state index contributed by atoms with van der Waals surface area (Å²) in [5.41, 5.74) is 0. The molecule has 84 valence electrons. The van der Waals surface area contributed by atoms with Gasteiger partial charge in [0.2, 0.25) is 0 Å². The van der Waals surface area contributed by atoms with E-state index in [1.165, 1.54) is 38.6 Å². The second kappa shape index (κ2) is 6.73. The van der Waals surface area contributed by atoms with Crippen LogP contribution < -0.4 is 5.32 Å². The van der Waals surface area contributed by atoms with Gasteiger partial charge in [0.1, 0.15) is 0 Å². The van der Waals surface area contributed by atoms with Crippen molar-refractivity contribution in [1.29, 1.82) is 0 Å². The van der Waals surface area contributed by atoms with Gasteiger partial charge in [-0.1, -0.05) is 20.3 Å². The summed E-state index contributed by atoms with van der Waals surface area (Å²) in [4.78, 5) is 0. The van der Waals surface area contributed by atoms with E-state index in [1.54, 1.807) is 0 Å². The first-order valence-electron chi connectivity index (χ1n) is 6.02. The Hall–Kier alpha value is 0.310. The summed E-state index contributed by atoms with van der Waals surface area (Å²) in [5, 5.41) is 4.46. The molecule has 14 heavy (non-hydrogen) atoms. The van der Waals surface area contributed by atoms with Gasteiger partial charge in [-0.15, -0.1) is 0 Å². The van der Waals surface area contributed by atoms with Gasteiger partial charge in [0.25, 0.3) is 0 Å². The van der Waals surface area contributed by atoms with Crippen LogP contribution in [0, 0.1) is 5.92 Å². The first-order valence-corrected chi connectivity index (χ1v) is 7.31. The number of hydrogen-bond donors (Lipinski definition) is 1. The molecule has 0 spiro atoms. The minimum atomic E-state index is 0.763. The Morgan fingerprint density at radius 1 is 1.29 bits per heavy atom. The summed E-state index contributed by atoms with van der Waals surface area (Å²) in [6.07, 6.45) is 9.27. The van der Waals surface area contributed by atoms with E-state index < -0.39 is 0 Å². The fourth-order valence-corrected chi connectivity index (χ4v) is 2.45. The van der Waals surface area contributed by atoms with Crippen molar-refractivity contribution in [2.24, 2.45) is 5.92 Å². The Labute approximate surface area is 93.4 Å². The molecule has 1 aliphatic carbocycles. The molecule has 1 saturated carbocycles. The fraction of sp³-hybridized carbons (Fsp3) is 1.00. The predicted octanol–water partition coefficient (Wildman–Crippen LogP) is 3.30. The van der Waals surface area contributed by atoms with Gasteiger partial charge in [-0.25, -0.2) is 0 Å². The van der Waals surface area contributed by atoms with Gasteiger partial charge in [0, 0.05) is 17.8 Å². The molecule has 1 N–H and O–H groups in total. The standard InChI is InChI=1S/C12H25NS/c1-4-11-5-7-12(8-6-11)13-9-10(2)14-3/h10-13H,4-9H2,1-3H3. The third kappa shape index (κ3) is 4.22. The third-order valence-corrected chi connectivity index (χ3v) is 4.49. The highest BCUT2D eigenvalue weighted by Gasteiger charge is 2.19. The minimum Gasteiger partial charge on any atom is -0.313 e. The van der Waals surface area contributed by atoms with E-state index in [2.05, 4.69) is 25.4 Å². The van der Waals surface area contributed by atoms with E-state index in [9.17, 15) is 0 Å². The first-order chi connectivity index (χ1) is 6.76. The molecule has 0 amide bonds. The lowest BCUT2D eigenvalue weighted by Crippen LogP contribution is -2.36. The van der Waals surface area contributed by atoms with Crippen LogP contribution in [-0.2, 0) is 0 Å². The largest absolute Gasteiger partial charge is 0.313 e. The minimum absolute atomic E-state index is 0.763. The van der Waals surface area contributed by atoms with Gasteiger partial charge in [0.05, 0.1) is 0 Å². The first kappa shape index (κ1) is 12.4. The van der Waals surface area contributed by atoms with Gasteiger partial charge in [-0.05, 0) is 37.9 Å². The highest BCUT2D eigenvalue weighted by Crippen LogP contribution is 2.26. The maximum absolute atomic E-state index is 3.70. The SMILES string of the molecule is CCC1CCC(NCC(C)SC)CC1. The summed E-state index contributed by atoms with van der Waals surface area (Å²) in [5.74, 6) is 1.02. The van der Waals surface area contributed by atoms with Gasteiger partial charge < -0.3 is 5.32 Å². The zero-order valence-corrected chi connectivity index (χ0v) is 10.7. The zero-order valence-electron chi connectivity index (χ0n) is 9.88. The fourth-order valence-electron chi connectivity index (χ4n) is 2.19. The molecule has 1 unspecified atom stereocenters. The molecular formula is C12H25NS. The normalized spacial score (nSPS) is 30.2. The van der Waals surface area contributed by atoms with Crippen LogP contribution in [0.25, 0.3) is 0 Å². The van der Waals surface area contributed by atoms with Gasteiger partial charge in [-0.3, -0.25) is 0 Å². The van der Waals surface area contributed by atoms with E-state index in [0.29, 0.717) is 0 Å². The highest BCUT2D eigenvalue weighted by molar-refractivity contribution is 7.99. The van der Waals surface area contributed by atoms with Crippen LogP contribution >= 0.6 is 11.8 Å². The van der Waals surface area contributed by atoms with Crippen LogP contribution in [0.1, 0.15) is 46.0 Å². The Morgan fingerprint density at radius 3 is 2.43 bits per heavy atom. The van der Waals surface area contributed by atoms with Gasteiger partial charge in [0.15, 0.2) is 0 Å². The molecule has 0 aromatic heterocycles. The molecule has 1 fully saturated rings. The molecule has 0 heterocycles. The quantitative estimate of drug-likeness (QED) is 0.755. The van der Waals surface area contributed by atoms with Gasteiger partial charge in [-0.2, -0.15) is 11.8 Å². The van der Waals surface area contributed by atoms with Crippen LogP contribution in [0.2, 0.25) is 0 Å². The Morgan fingerprint density at radius 2 is 1.93 bits per heavy atom. The summed E-state index contributed by atoms with van der Waals surface area (Å²) in [6.45, 7) is 5.81. The van der Waals surface area contributed by atoms with Crippen molar-refractivity contribution in [3.05, 3.63) is 0 Å². The molecular weight excluding hydrogens is 190 g/mol. The highest BCUT2D eigenvalue weighted by atomic mass is 32.2.